The number of unbranched alkanes of at least 4 members (excludes halogenated alkanes) is 27. The van der Waals surface area contributed by atoms with Gasteiger partial charge < -0.3 is 28.5 Å². The number of rotatable bonds is 54. The van der Waals surface area contributed by atoms with Gasteiger partial charge in [-0.3, -0.25) is 9.59 Å². The second-order valence-corrected chi connectivity index (χ2v) is 20.9. The molecule has 2 atom stereocenters. The van der Waals surface area contributed by atoms with Crippen LogP contribution in [0.1, 0.15) is 251 Å². The zero-order chi connectivity index (χ0) is 52.7. The van der Waals surface area contributed by atoms with Gasteiger partial charge in [-0.25, -0.2) is 4.79 Å². The number of hydrogen-bond acceptors (Lipinski definition) is 7. The number of aliphatic carboxylic acids is 1. The monoisotopic (exact) mass is 1010 g/mol. The van der Waals surface area contributed by atoms with Gasteiger partial charge in [-0.2, -0.15) is 0 Å². The van der Waals surface area contributed by atoms with E-state index in [2.05, 4.69) is 86.8 Å². The second-order valence-electron chi connectivity index (χ2n) is 20.9. The number of carbonyl (C=O) groups excluding carboxylic acids is 2. The van der Waals surface area contributed by atoms with Crippen LogP contribution in [0.15, 0.2) is 72.9 Å². The van der Waals surface area contributed by atoms with Crippen molar-refractivity contribution in [2.45, 2.75) is 264 Å². The molecule has 0 spiro atoms. The highest BCUT2D eigenvalue weighted by atomic mass is 16.7. The van der Waals surface area contributed by atoms with E-state index in [4.69, 9.17) is 18.9 Å². The lowest BCUT2D eigenvalue weighted by molar-refractivity contribution is -0.870. The molecule has 0 amide bonds. The molecule has 0 rings (SSSR count). The highest BCUT2D eigenvalue weighted by Gasteiger charge is 2.25. The molecule has 0 saturated heterocycles. The molecule has 1 N–H and O–H groups in total. The number of carbonyl (C=O) groups is 3. The Morgan fingerprint density at radius 3 is 1.18 bits per heavy atom. The van der Waals surface area contributed by atoms with Crippen LogP contribution < -0.4 is 0 Å². The molecule has 0 aromatic rings. The van der Waals surface area contributed by atoms with Gasteiger partial charge in [0.1, 0.15) is 13.2 Å². The lowest BCUT2D eigenvalue weighted by Crippen LogP contribution is -2.40. The summed E-state index contributed by atoms with van der Waals surface area (Å²) < 4.78 is 22.9. The molecule has 0 aliphatic rings. The fourth-order valence-corrected chi connectivity index (χ4v) is 8.15. The van der Waals surface area contributed by atoms with E-state index in [-0.39, 0.29) is 38.6 Å². The summed E-state index contributed by atoms with van der Waals surface area (Å²) in [5, 5.41) is 9.70. The number of nitrogens with zero attached hydrogens (tertiary/aromatic N) is 1. The van der Waals surface area contributed by atoms with E-state index in [1.807, 2.05) is 21.1 Å². The third-order valence-corrected chi connectivity index (χ3v) is 12.7. The van der Waals surface area contributed by atoms with Crippen LogP contribution in [0.25, 0.3) is 0 Å². The Morgan fingerprint density at radius 1 is 0.431 bits per heavy atom. The molecular weight excluding hydrogens is 899 g/mol. The molecule has 9 heteroatoms. The van der Waals surface area contributed by atoms with Crippen molar-refractivity contribution in [3.8, 4) is 0 Å². The summed E-state index contributed by atoms with van der Waals surface area (Å²) in [5.74, 6) is -2.02. The molecule has 0 saturated carbocycles. The molecule has 0 bridgehead atoms. The topological polar surface area (TPSA) is 108 Å². The molecule has 0 aliphatic carbocycles. The average Bonchev–Trinajstić information content (AvgIpc) is 3.35. The highest BCUT2D eigenvalue weighted by molar-refractivity contribution is 5.71. The maximum absolute atomic E-state index is 12.9. The lowest BCUT2D eigenvalue weighted by atomic mass is 10.0. The van der Waals surface area contributed by atoms with Gasteiger partial charge in [-0.15, -0.1) is 0 Å². The van der Waals surface area contributed by atoms with Crippen LogP contribution in [-0.4, -0.2) is 87.4 Å². The fourth-order valence-electron chi connectivity index (χ4n) is 8.15. The predicted molar refractivity (Wildman–Crippen MR) is 304 cm³/mol. The lowest BCUT2D eigenvalue weighted by Gasteiger charge is -2.25. The first-order chi connectivity index (χ1) is 35.1. The van der Waals surface area contributed by atoms with E-state index in [0.29, 0.717) is 11.0 Å². The van der Waals surface area contributed by atoms with E-state index < -0.39 is 24.3 Å². The Kier molecular flexibility index (Phi) is 51.6. The van der Waals surface area contributed by atoms with Gasteiger partial charge in [-0.1, -0.05) is 228 Å². The van der Waals surface area contributed by atoms with Gasteiger partial charge in [-0.05, 0) is 83.5 Å². The van der Waals surface area contributed by atoms with Gasteiger partial charge in [0, 0.05) is 12.8 Å². The zero-order valence-corrected chi connectivity index (χ0v) is 47.3. The summed E-state index contributed by atoms with van der Waals surface area (Å²) >= 11 is 0. The quantitative estimate of drug-likeness (QED) is 0.0211. The number of likely N-dealkylation sites (N-methyl/N-ethyl adjacent to an activating group) is 1. The molecular formula is C63H112NO8+. The number of hydrogen-bond donors (Lipinski definition) is 1. The maximum atomic E-state index is 12.9. The number of esters is 2. The average molecular weight is 1010 g/mol. The van der Waals surface area contributed by atoms with Crippen LogP contribution >= 0.6 is 0 Å². The van der Waals surface area contributed by atoms with Crippen LogP contribution in [0.5, 0.6) is 0 Å². The predicted octanol–water partition coefficient (Wildman–Crippen LogP) is 17.4. The van der Waals surface area contributed by atoms with Crippen LogP contribution in [0.3, 0.4) is 0 Å². The smallest absolute Gasteiger partial charge is 0.361 e. The van der Waals surface area contributed by atoms with Crippen molar-refractivity contribution in [1.29, 1.82) is 0 Å². The van der Waals surface area contributed by atoms with Crippen molar-refractivity contribution in [1.82, 2.24) is 0 Å². The summed E-state index contributed by atoms with van der Waals surface area (Å²) in [5.41, 5.74) is 0. The van der Waals surface area contributed by atoms with Crippen LogP contribution in [0, 0.1) is 0 Å². The van der Waals surface area contributed by atoms with Crippen molar-refractivity contribution in [3.05, 3.63) is 72.9 Å². The first-order valence-corrected chi connectivity index (χ1v) is 29.6. The summed E-state index contributed by atoms with van der Waals surface area (Å²) in [6, 6.07) is 0. The largest absolute Gasteiger partial charge is 0.477 e. The van der Waals surface area contributed by atoms with E-state index in [0.717, 1.165) is 89.9 Å². The fraction of sp³-hybridized carbons (Fsp3) is 0.762. The molecule has 0 aliphatic heterocycles. The molecule has 0 aromatic carbocycles. The van der Waals surface area contributed by atoms with Crippen LogP contribution in [0.4, 0.5) is 0 Å². The minimum Gasteiger partial charge on any atom is -0.477 e. The van der Waals surface area contributed by atoms with Gasteiger partial charge >= 0.3 is 17.9 Å². The third-order valence-electron chi connectivity index (χ3n) is 12.7. The summed E-state index contributed by atoms with van der Waals surface area (Å²) in [6.45, 7) is 4.75. The number of carboxylic acid groups (broad SMARTS) is 1. The molecule has 416 valence electrons. The summed E-state index contributed by atoms with van der Waals surface area (Å²) in [6.07, 6.45) is 67.0. The van der Waals surface area contributed by atoms with Crippen LogP contribution in [0.2, 0.25) is 0 Å². The van der Waals surface area contributed by atoms with Gasteiger partial charge in [0.15, 0.2) is 6.10 Å². The Labute approximate surface area is 443 Å². The Balaban J connectivity index is 4.15. The van der Waals surface area contributed by atoms with Crippen molar-refractivity contribution in [2.24, 2.45) is 0 Å². The molecule has 2 unspecified atom stereocenters. The Morgan fingerprint density at radius 2 is 0.792 bits per heavy atom. The van der Waals surface area contributed by atoms with Gasteiger partial charge in [0.2, 0.25) is 0 Å². The Bertz CT molecular complexity index is 1410. The number of quaternary nitrogens is 1. The summed E-state index contributed by atoms with van der Waals surface area (Å²) in [4.78, 5) is 37.4. The van der Waals surface area contributed by atoms with Gasteiger partial charge in [0.05, 0.1) is 34.4 Å². The molecule has 9 nitrogen and oxygen atoms in total. The number of carboxylic acids is 1. The highest BCUT2D eigenvalue weighted by Crippen LogP contribution is 2.16. The summed E-state index contributed by atoms with van der Waals surface area (Å²) in [7, 11) is 5.96. The second kappa shape index (κ2) is 54.0. The normalized spacial score (nSPS) is 13.3. The maximum Gasteiger partial charge on any atom is 0.361 e. The minimum atomic E-state index is -1.51. The third kappa shape index (κ3) is 54.5. The van der Waals surface area contributed by atoms with E-state index in [1.165, 1.54) is 135 Å². The molecule has 0 aromatic heterocycles. The van der Waals surface area contributed by atoms with Crippen molar-refractivity contribution >= 4 is 17.9 Å². The zero-order valence-electron chi connectivity index (χ0n) is 47.3. The minimum absolute atomic E-state index is 0.184. The number of allylic oxidation sites excluding steroid dienone is 12. The number of ether oxygens (including phenoxy) is 4. The first kappa shape index (κ1) is 68.7. The van der Waals surface area contributed by atoms with E-state index >= 15 is 0 Å². The van der Waals surface area contributed by atoms with Gasteiger partial charge in [0.25, 0.3) is 6.29 Å². The van der Waals surface area contributed by atoms with Crippen molar-refractivity contribution in [3.63, 3.8) is 0 Å². The van der Waals surface area contributed by atoms with E-state index in [1.54, 1.807) is 0 Å². The molecule has 72 heavy (non-hydrogen) atoms. The first-order valence-electron chi connectivity index (χ1n) is 29.6. The van der Waals surface area contributed by atoms with Crippen LogP contribution in [-0.2, 0) is 33.3 Å². The van der Waals surface area contributed by atoms with E-state index in [9.17, 15) is 19.5 Å². The Hall–Kier alpha value is -3.27. The molecule has 0 heterocycles. The standard InChI is InChI=1S/C63H111NO8/c1-6-8-10-12-14-16-18-20-22-24-25-26-27-28-29-30-31-32-33-34-35-36-37-38-40-42-44-46-48-50-52-54-61(66)72-59(58-71-63(62(67)68)69-56-55-64(3,4)5)57-70-60(65)53-51-49-47-45-43-41-39-23-21-19-17-15-13-11-9-7-2/h8,10,14,16-17,19-20,22-23,25-26,39,59,63H,6-7,9,11-13,15,18,21,24,27-38,40-58H2,1-5H3/p+1/b10-8-,16-14-,19-17-,22-20-,26-25-,39-23-. The molecule has 0 fully saturated rings. The molecule has 0 radical (unpaired) electrons. The SMILES string of the molecule is CC/C=C\C/C=C\C/C=C\C/C=C\CCCCCCCCCCCCCCCCCCCCC(=O)OC(COC(=O)CCCCCCC/C=C\C/C=C\CCCCCC)COC(OCC[N+](C)(C)C)C(=O)O. The van der Waals surface area contributed by atoms with Crippen molar-refractivity contribution < 1.29 is 42.9 Å². The van der Waals surface area contributed by atoms with Crippen molar-refractivity contribution in [2.75, 3.05) is 47.5 Å².